The molecule has 118 valence electrons. The SMILES string of the molecule is CCC[C@@H](C)NC(=O)c1ccc(N(C)S(C)(=O)=O)c(C)c1. The van der Waals surface area contributed by atoms with Gasteiger partial charge in [-0.25, -0.2) is 8.42 Å². The lowest BCUT2D eigenvalue weighted by Gasteiger charge is -2.20. The molecule has 0 unspecified atom stereocenters. The maximum Gasteiger partial charge on any atom is 0.251 e. The van der Waals surface area contributed by atoms with Crippen molar-refractivity contribution in [1.29, 1.82) is 0 Å². The van der Waals surface area contributed by atoms with Crippen LogP contribution in [0.25, 0.3) is 0 Å². The largest absolute Gasteiger partial charge is 0.350 e. The predicted molar refractivity (Wildman–Crippen MR) is 86.3 cm³/mol. The summed E-state index contributed by atoms with van der Waals surface area (Å²) in [7, 11) is -1.80. The van der Waals surface area contributed by atoms with Crippen LogP contribution in [0.1, 0.15) is 42.6 Å². The van der Waals surface area contributed by atoms with Crippen LogP contribution in [0.5, 0.6) is 0 Å². The van der Waals surface area contributed by atoms with Gasteiger partial charge in [-0.2, -0.15) is 0 Å². The lowest BCUT2D eigenvalue weighted by molar-refractivity contribution is 0.0938. The standard InChI is InChI=1S/C15H24N2O3S/c1-6-7-12(3)16-15(18)13-8-9-14(11(2)10-13)17(4)21(5,19)20/h8-10,12H,6-7H2,1-5H3,(H,16,18)/t12-/m1/s1. The summed E-state index contributed by atoms with van der Waals surface area (Å²) in [5.74, 6) is -0.132. The van der Waals surface area contributed by atoms with Crippen molar-refractivity contribution in [3.05, 3.63) is 29.3 Å². The van der Waals surface area contributed by atoms with Crippen LogP contribution in [-0.2, 0) is 10.0 Å². The summed E-state index contributed by atoms with van der Waals surface area (Å²) in [5.41, 5.74) is 1.87. The van der Waals surface area contributed by atoms with Crippen LogP contribution in [-0.4, -0.2) is 33.7 Å². The molecule has 0 saturated carbocycles. The van der Waals surface area contributed by atoms with Gasteiger partial charge in [0.2, 0.25) is 10.0 Å². The molecule has 1 rings (SSSR count). The van der Waals surface area contributed by atoms with E-state index in [2.05, 4.69) is 12.2 Å². The van der Waals surface area contributed by atoms with Crippen LogP contribution in [0.4, 0.5) is 5.69 Å². The number of hydrogen-bond acceptors (Lipinski definition) is 3. The fourth-order valence-electron chi connectivity index (χ4n) is 2.14. The fraction of sp³-hybridized carbons (Fsp3) is 0.533. The van der Waals surface area contributed by atoms with E-state index < -0.39 is 10.0 Å². The quantitative estimate of drug-likeness (QED) is 0.876. The van der Waals surface area contributed by atoms with E-state index in [1.54, 1.807) is 25.1 Å². The van der Waals surface area contributed by atoms with Crippen molar-refractivity contribution in [2.75, 3.05) is 17.6 Å². The number of rotatable bonds is 6. The third-order valence-electron chi connectivity index (χ3n) is 3.39. The maximum absolute atomic E-state index is 12.1. The average molecular weight is 312 g/mol. The zero-order valence-corrected chi connectivity index (χ0v) is 14.1. The second-order valence-corrected chi connectivity index (χ2v) is 7.41. The Hall–Kier alpha value is -1.56. The summed E-state index contributed by atoms with van der Waals surface area (Å²) >= 11 is 0. The van der Waals surface area contributed by atoms with Crippen LogP contribution < -0.4 is 9.62 Å². The van der Waals surface area contributed by atoms with Gasteiger partial charge in [0.1, 0.15) is 0 Å². The summed E-state index contributed by atoms with van der Waals surface area (Å²) in [5, 5.41) is 2.93. The van der Waals surface area contributed by atoms with E-state index >= 15 is 0 Å². The first-order valence-corrected chi connectivity index (χ1v) is 8.87. The lowest BCUT2D eigenvalue weighted by Crippen LogP contribution is -2.32. The number of aryl methyl sites for hydroxylation is 1. The van der Waals surface area contributed by atoms with Crippen molar-refractivity contribution >= 4 is 21.6 Å². The van der Waals surface area contributed by atoms with Crippen LogP contribution >= 0.6 is 0 Å². The van der Waals surface area contributed by atoms with Gasteiger partial charge in [-0.3, -0.25) is 9.10 Å². The maximum atomic E-state index is 12.1. The summed E-state index contributed by atoms with van der Waals surface area (Å²) in [6, 6.07) is 5.15. The Morgan fingerprint density at radius 1 is 1.38 bits per heavy atom. The minimum Gasteiger partial charge on any atom is -0.350 e. The number of sulfonamides is 1. The fourth-order valence-corrected chi connectivity index (χ4v) is 2.70. The van der Waals surface area contributed by atoms with Crippen LogP contribution in [0.2, 0.25) is 0 Å². The van der Waals surface area contributed by atoms with Crippen molar-refractivity contribution in [2.45, 2.75) is 39.7 Å². The molecular weight excluding hydrogens is 288 g/mol. The number of anilines is 1. The molecule has 0 aliphatic heterocycles. The van der Waals surface area contributed by atoms with E-state index in [9.17, 15) is 13.2 Å². The molecule has 1 aromatic rings. The molecule has 0 saturated heterocycles. The van der Waals surface area contributed by atoms with Gasteiger partial charge in [-0.05, 0) is 44.0 Å². The molecular formula is C15H24N2O3S. The highest BCUT2D eigenvalue weighted by atomic mass is 32.2. The van der Waals surface area contributed by atoms with Gasteiger partial charge in [0, 0.05) is 18.7 Å². The number of nitrogens with zero attached hydrogens (tertiary/aromatic N) is 1. The smallest absolute Gasteiger partial charge is 0.251 e. The second kappa shape index (κ2) is 6.93. The highest BCUT2D eigenvalue weighted by Gasteiger charge is 2.16. The van der Waals surface area contributed by atoms with Crippen molar-refractivity contribution in [3.63, 3.8) is 0 Å². The van der Waals surface area contributed by atoms with Crippen LogP contribution in [0, 0.1) is 6.92 Å². The zero-order chi connectivity index (χ0) is 16.2. The van der Waals surface area contributed by atoms with E-state index in [4.69, 9.17) is 0 Å². The summed E-state index contributed by atoms with van der Waals surface area (Å²) in [6.45, 7) is 5.84. The molecule has 0 radical (unpaired) electrons. The second-order valence-electron chi connectivity index (χ2n) is 5.39. The van der Waals surface area contributed by atoms with E-state index in [1.165, 1.54) is 11.4 Å². The molecule has 0 spiro atoms. The third kappa shape index (κ3) is 4.74. The van der Waals surface area contributed by atoms with Gasteiger partial charge in [0.25, 0.3) is 5.91 Å². The highest BCUT2D eigenvalue weighted by Crippen LogP contribution is 2.22. The molecule has 0 heterocycles. The van der Waals surface area contributed by atoms with Crippen LogP contribution in [0.3, 0.4) is 0 Å². The number of carbonyl (C=O) groups excluding carboxylic acids is 1. The lowest BCUT2D eigenvalue weighted by atomic mass is 10.1. The minimum atomic E-state index is -3.31. The average Bonchev–Trinajstić information content (AvgIpc) is 2.36. The Labute approximate surface area is 127 Å². The van der Waals surface area contributed by atoms with Gasteiger partial charge in [0.15, 0.2) is 0 Å². The molecule has 0 fully saturated rings. The third-order valence-corrected chi connectivity index (χ3v) is 4.59. The first kappa shape index (κ1) is 17.5. The number of hydrogen-bond donors (Lipinski definition) is 1. The van der Waals surface area contributed by atoms with Crippen molar-refractivity contribution in [2.24, 2.45) is 0 Å². The molecule has 0 aliphatic carbocycles. The normalized spacial score (nSPS) is 12.8. The summed E-state index contributed by atoms with van der Waals surface area (Å²) < 4.78 is 24.3. The molecule has 21 heavy (non-hydrogen) atoms. The van der Waals surface area contributed by atoms with Gasteiger partial charge in [-0.15, -0.1) is 0 Å². The van der Waals surface area contributed by atoms with E-state index in [-0.39, 0.29) is 11.9 Å². The number of benzene rings is 1. The molecule has 5 nitrogen and oxygen atoms in total. The van der Waals surface area contributed by atoms with E-state index in [1.807, 2.05) is 6.92 Å². The van der Waals surface area contributed by atoms with Gasteiger partial charge < -0.3 is 5.32 Å². The van der Waals surface area contributed by atoms with Crippen molar-refractivity contribution < 1.29 is 13.2 Å². The zero-order valence-electron chi connectivity index (χ0n) is 13.3. The Morgan fingerprint density at radius 3 is 2.48 bits per heavy atom. The van der Waals surface area contributed by atoms with E-state index in [0.717, 1.165) is 24.7 Å². The van der Waals surface area contributed by atoms with Crippen LogP contribution in [0.15, 0.2) is 18.2 Å². The van der Waals surface area contributed by atoms with Crippen molar-refractivity contribution in [1.82, 2.24) is 5.32 Å². The number of nitrogens with one attached hydrogen (secondary N) is 1. The molecule has 1 amide bonds. The molecule has 1 N–H and O–H groups in total. The molecule has 1 aromatic carbocycles. The molecule has 0 aliphatic rings. The van der Waals surface area contributed by atoms with Gasteiger partial charge >= 0.3 is 0 Å². The topological polar surface area (TPSA) is 66.5 Å². The number of amides is 1. The molecule has 0 aromatic heterocycles. The molecule has 0 bridgehead atoms. The molecule has 6 heteroatoms. The summed E-state index contributed by atoms with van der Waals surface area (Å²) in [4.78, 5) is 12.1. The Kier molecular flexibility index (Phi) is 5.78. The van der Waals surface area contributed by atoms with Gasteiger partial charge in [-0.1, -0.05) is 13.3 Å². The highest BCUT2D eigenvalue weighted by molar-refractivity contribution is 7.92. The Bertz CT molecular complexity index is 611. The summed E-state index contributed by atoms with van der Waals surface area (Å²) in [6.07, 6.45) is 3.09. The first-order chi connectivity index (χ1) is 9.66. The minimum absolute atomic E-state index is 0.126. The van der Waals surface area contributed by atoms with Gasteiger partial charge in [0.05, 0.1) is 11.9 Å². The number of carbonyl (C=O) groups is 1. The predicted octanol–water partition coefficient (Wildman–Crippen LogP) is 2.31. The molecule has 1 atom stereocenters. The Balaban J connectivity index is 2.95. The van der Waals surface area contributed by atoms with Crippen molar-refractivity contribution in [3.8, 4) is 0 Å². The first-order valence-electron chi connectivity index (χ1n) is 7.02. The monoisotopic (exact) mass is 312 g/mol. The Morgan fingerprint density at radius 2 is 2.00 bits per heavy atom. The van der Waals surface area contributed by atoms with E-state index in [0.29, 0.717) is 11.3 Å².